The zero-order valence-corrected chi connectivity index (χ0v) is 17.6. The van der Waals surface area contributed by atoms with E-state index < -0.39 is 0 Å². The van der Waals surface area contributed by atoms with Gasteiger partial charge in [0.05, 0.1) is 45.2 Å². The molecule has 0 bridgehead atoms. The Bertz CT molecular complexity index is 1070. The molecule has 1 aliphatic heterocycles. The Hall–Kier alpha value is -1.61. The fourth-order valence-corrected chi connectivity index (χ4v) is 3.31. The molecule has 4 rings (SSSR count). The van der Waals surface area contributed by atoms with Crippen molar-refractivity contribution in [3.05, 3.63) is 59.8 Å². The number of nitrogens with zero attached hydrogens (tertiary/aromatic N) is 1. The molecule has 6 nitrogen and oxygen atoms in total. The first-order valence-electron chi connectivity index (χ1n) is 7.21. The standard InChI is InChI=1S/C8H6BrClN2O.C8H4BrClN2O/c2*9-4-1-2-5-8(7(4)10)12-6(13)3-11-5/h1-2,11H,3H2,(H,12,13);1-3H,(H,12,13). The van der Waals surface area contributed by atoms with E-state index >= 15 is 0 Å². The summed E-state index contributed by atoms with van der Waals surface area (Å²) < 4.78 is 1.52. The number of carbonyl (C=O) groups is 1. The van der Waals surface area contributed by atoms with Gasteiger partial charge in [0.25, 0.3) is 5.56 Å². The molecule has 1 aliphatic rings. The third-order valence-corrected chi connectivity index (χ3v) is 6.00. The van der Waals surface area contributed by atoms with Gasteiger partial charge in [0, 0.05) is 8.95 Å². The number of aromatic amines is 1. The third-order valence-electron chi connectivity index (χ3n) is 3.44. The predicted octanol–water partition coefficient (Wildman–Crippen LogP) is 4.81. The highest BCUT2D eigenvalue weighted by Gasteiger charge is 2.17. The van der Waals surface area contributed by atoms with Crippen molar-refractivity contribution in [3.63, 3.8) is 0 Å². The highest BCUT2D eigenvalue weighted by Crippen LogP contribution is 2.37. The number of hydrogen-bond donors (Lipinski definition) is 3. The van der Waals surface area contributed by atoms with Gasteiger partial charge in [-0.1, -0.05) is 23.2 Å². The topological polar surface area (TPSA) is 86.9 Å². The maximum atomic E-state index is 11.0. The number of fused-ring (bicyclic) bond motifs is 2. The van der Waals surface area contributed by atoms with Crippen LogP contribution in [0.1, 0.15) is 0 Å². The molecule has 0 fully saturated rings. The van der Waals surface area contributed by atoms with Gasteiger partial charge >= 0.3 is 0 Å². The number of halogens is 4. The van der Waals surface area contributed by atoms with Gasteiger partial charge < -0.3 is 15.6 Å². The highest BCUT2D eigenvalue weighted by atomic mass is 79.9. The number of amides is 1. The molecule has 0 unspecified atom stereocenters. The SMILES string of the molecule is O=C1CNc2ccc(Br)c(Cl)c2N1.O=c1cnc2ccc(Br)c(Cl)c2[nH]1. The van der Waals surface area contributed by atoms with Crippen molar-refractivity contribution in [3.8, 4) is 0 Å². The Morgan fingerprint density at radius 2 is 1.69 bits per heavy atom. The lowest BCUT2D eigenvalue weighted by atomic mass is 10.2. The second-order valence-corrected chi connectivity index (χ2v) is 7.65. The molecule has 2 heterocycles. The molecule has 3 N–H and O–H groups in total. The number of H-pyrrole nitrogens is 1. The predicted molar refractivity (Wildman–Crippen MR) is 111 cm³/mol. The summed E-state index contributed by atoms with van der Waals surface area (Å²) in [5.41, 5.74) is 2.48. The Labute approximate surface area is 174 Å². The molecule has 3 aromatic rings. The van der Waals surface area contributed by atoms with E-state index in [1.807, 2.05) is 12.1 Å². The zero-order chi connectivity index (χ0) is 18.8. The first-order valence-corrected chi connectivity index (χ1v) is 9.56. The average Bonchev–Trinajstić information content (AvgIpc) is 2.63. The molecule has 2 aromatic carbocycles. The van der Waals surface area contributed by atoms with Gasteiger partial charge in [-0.25, -0.2) is 4.98 Å². The Kier molecular flexibility index (Phi) is 5.86. The minimum Gasteiger partial charge on any atom is -0.374 e. The summed E-state index contributed by atoms with van der Waals surface area (Å²) >= 11 is 18.5. The smallest absolute Gasteiger partial charge is 0.266 e. The van der Waals surface area contributed by atoms with E-state index in [2.05, 4.69) is 52.5 Å². The number of hydrogen-bond acceptors (Lipinski definition) is 4. The molecule has 0 spiro atoms. The van der Waals surface area contributed by atoms with Crippen molar-refractivity contribution in [2.45, 2.75) is 0 Å². The Morgan fingerprint density at radius 1 is 1.00 bits per heavy atom. The first kappa shape index (κ1) is 19.2. The van der Waals surface area contributed by atoms with Crippen LogP contribution >= 0.6 is 55.1 Å². The van der Waals surface area contributed by atoms with Crippen LogP contribution in [0, 0.1) is 0 Å². The number of benzene rings is 2. The van der Waals surface area contributed by atoms with Crippen LogP contribution in [0.4, 0.5) is 11.4 Å². The highest BCUT2D eigenvalue weighted by molar-refractivity contribution is 9.10. The minimum atomic E-state index is -0.257. The molecule has 1 amide bonds. The summed E-state index contributed by atoms with van der Waals surface area (Å²) in [7, 11) is 0. The van der Waals surface area contributed by atoms with E-state index in [1.54, 1.807) is 12.1 Å². The quantitative estimate of drug-likeness (QED) is 0.397. The van der Waals surface area contributed by atoms with Crippen LogP contribution in [0.2, 0.25) is 10.0 Å². The van der Waals surface area contributed by atoms with Gasteiger partial charge in [0.2, 0.25) is 5.91 Å². The van der Waals surface area contributed by atoms with Crippen LogP contribution in [-0.4, -0.2) is 22.4 Å². The second-order valence-electron chi connectivity index (χ2n) is 5.19. The number of rotatable bonds is 0. The lowest BCUT2D eigenvalue weighted by molar-refractivity contribution is -0.114. The summed E-state index contributed by atoms with van der Waals surface area (Å²) in [6.45, 7) is 0.297. The Balaban J connectivity index is 0.000000151. The largest absolute Gasteiger partial charge is 0.374 e. The van der Waals surface area contributed by atoms with Crippen LogP contribution < -0.4 is 16.2 Å². The van der Waals surface area contributed by atoms with Gasteiger partial charge in [-0.2, -0.15) is 0 Å². The number of carbonyl (C=O) groups excluding carboxylic acids is 1. The number of aromatic nitrogens is 2. The maximum absolute atomic E-state index is 11.0. The summed E-state index contributed by atoms with van der Waals surface area (Å²) in [5, 5.41) is 6.67. The molecule has 26 heavy (non-hydrogen) atoms. The molecular formula is C16H10Br2Cl2N4O2. The fourth-order valence-electron chi connectivity index (χ4n) is 2.23. The monoisotopic (exact) mass is 518 g/mol. The van der Waals surface area contributed by atoms with Crippen LogP contribution in [-0.2, 0) is 4.79 Å². The van der Waals surface area contributed by atoms with Crippen molar-refractivity contribution in [1.82, 2.24) is 9.97 Å². The van der Waals surface area contributed by atoms with Crippen LogP contribution in [0.15, 0.2) is 44.2 Å². The van der Waals surface area contributed by atoms with Crippen molar-refractivity contribution in [1.29, 1.82) is 0 Å². The van der Waals surface area contributed by atoms with E-state index in [0.29, 0.717) is 33.3 Å². The maximum Gasteiger partial charge on any atom is 0.266 e. The van der Waals surface area contributed by atoms with Crippen LogP contribution in [0.25, 0.3) is 11.0 Å². The average molecular weight is 521 g/mol. The molecule has 134 valence electrons. The molecule has 0 atom stereocenters. The fraction of sp³-hybridized carbons (Fsp3) is 0.0625. The molecule has 0 saturated carbocycles. The second kappa shape index (κ2) is 7.96. The zero-order valence-electron chi connectivity index (χ0n) is 12.9. The first-order chi connectivity index (χ1) is 12.4. The normalized spacial score (nSPS) is 12.5. The lowest BCUT2D eigenvalue weighted by Gasteiger charge is -2.20. The summed E-state index contributed by atoms with van der Waals surface area (Å²) in [6, 6.07) is 7.27. The number of anilines is 2. The van der Waals surface area contributed by atoms with Crippen molar-refractivity contribution >= 4 is 83.4 Å². The summed E-state index contributed by atoms with van der Waals surface area (Å²) in [4.78, 5) is 28.5. The van der Waals surface area contributed by atoms with Gasteiger partial charge in [0.1, 0.15) is 0 Å². The lowest BCUT2D eigenvalue weighted by Crippen LogP contribution is -2.27. The Morgan fingerprint density at radius 3 is 2.46 bits per heavy atom. The van der Waals surface area contributed by atoms with E-state index in [-0.39, 0.29) is 11.5 Å². The van der Waals surface area contributed by atoms with Crippen LogP contribution in [0.3, 0.4) is 0 Å². The van der Waals surface area contributed by atoms with E-state index in [9.17, 15) is 9.59 Å². The van der Waals surface area contributed by atoms with E-state index in [0.717, 1.165) is 14.6 Å². The third kappa shape index (κ3) is 4.03. The molecular weight excluding hydrogens is 511 g/mol. The summed E-state index contributed by atoms with van der Waals surface area (Å²) in [6.07, 6.45) is 1.23. The van der Waals surface area contributed by atoms with Crippen molar-refractivity contribution < 1.29 is 4.79 Å². The van der Waals surface area contributed by atoms with Gasteiger partial charge in [0.15, 0.2) is 0 Å². The van der Waals surface area contributed by atoms with Crippen molar-refractivity contribution in [2.24, 2.45) is 0 Å². The minimum absolute atomic E-state index is 0.0764. The molecule has 0 saturated heterocycles. The summed E-state index contributed by atoms with van der Waals surface area (Å²) in [5.74, 6) is -0.0764. The molecule has 0 aliphatic carbocycles. The van der Waals surface area contributed by atoms with Crippen LogP contribution in [0.5, 0.6) is 0 Å². The van der Waals surface area contributed by atoms with E-state index in [1.165, 1.54) is 6.20 Å². The van der Waals surface area contributed by atoms with Crippen molar-refractivity contribution in [2.75, 3.05) is 17.2 Å². The molecule has 0 radical (unpaired) electrons. The van der Waals surface area contributed by atoms with Gasteiger partial charge in [-0.05, 0) is 56.1 Å². The van der Waals surface area contributed by atoms with E-state index in [4.69, 9.17) is 23.2 Å². The van der Waals surface area contributed by atoms with Gasteiger partial charge in [-0.15, -0.1) is 0 Å². The molecule has 1 aromatic heterocycles. The number of nitrogens with one attached hydrogen (secondary N) is 3. The van der Waals surface area contributed by atoms with Gasteiger partial charge in [-0.3, -0.25) is 9.59 Å². The molecule has 10 heteroatoms.